The number of rotatable bonds is 8. The second kappa shape index (κ2) is 7.71. The molecule has 2 unspecified atom stereocenters. The molecule has 0 aromatic rings. The van der Waals surface area contributed by atoms with E-state index < -0.39 is 0 Å². The summed E-state index contributed by atoms with van der Waals surface area (Å²) in [6.07, 6.45) is 2.27. The fourth-order valence-corrected chi connectivity index (χ4v) is 2.11. The van der Waals surface area contributed by atoms with E-state index >= 15 is 0 Å². The molecular weight excluding hydrogens is 206 g/mol. The van der Waals surface area contributed by atoms with Crippen molar-refractivity contribution in [2.24, 2.45) is 11.8 Å². The number of nitrogens with one attached hydrogen (secondary N) is 1. The van der Waals surface area contributed by atoms with Crippen molar-refractivity contribution >= 4 is 0 Å². The van der Waals surface area contributed by atoms with Gasteiger partial charge in [0.1, 0.15) is 0 Å². The molecule has 0 saturated carbocycles. The zero-order valence-corrected chi connectivity index (χ0v) is 12.6. The van der Waals surface area contributed by atoms with Crippen molar-refractivity contribution in [1.29, 1.82) is 0 Å². The minimum absolute atomic E-state index is 0.412. The zero-order valence-electron chi connectivity index (χ0n) is 12.6. The highest BCUT2D eigenvalue weighted by molar-refractivity contribution is 5.09. The van der Waals surface area contributed by atoms with Crippen LogP contribution in [0.4, 0.5) is 0 Å². The standard InChI is InChI=1S/C16H31N/c1-9-15(10-14(8)11(2)3)16(12(4)5)17-13(6)7/h11,13,15-17H,4,8-10H2,1-3,5-7H3. The van der Waals surface area contributed by atoms with Gasteiger partial charge in [0, 0.05) is 12.1 Å². The van der Waals surface area contributed by atoms with E-state index in [9.17, 15) is 0 Å². The Morgan fingerprint density at radius 1 is 1.12 bits per heavy atom. The molecular formula is C16H31N. The molecule has 0 saturated heterocycles. The predicted octanol–water partition coefficient (Wildman–Crippen LogP) is 4.56. The third-order valence-electron chi connectivity index (χ3n) is 3.38. The molecule has 100 valence electrons. The average molecular weight is 237 g/mol. The molecule has 0 aliphatic heterocycles. The molecule has 0 rings (SSSR count). The van der Waals surface area contributed by atoms with Crippen molar-refractivity contribution in [1.82, 2.24) is 5.32 Å². The molecule has 1 heteroatoms. The lowest BCUT2D eigenvalue weighted by Gasteiger charge is -2.31. The maximum atomic E-state index is 4.21. The van der Waals surface area contributed by atoms with Crippen molar-refractivity contribution < 1.29 is 0 Å². The number of hydrogen-bond acceptors (Lipinski definition) is 1. The van der Waals surface area contributed by atoms with E-state index in [1.165, 1.54) is 17.6 Å². The molecule has 0 aromatic carbocycles. The van der Waals surface area contributed by atoms with Crippen molar-refractivity contribution in [3.8, 4) is 0 Å². The first-order valence-electron chi connectivity index (χ1n) is 6.88. The van der Waals surface area contributed by atoms with Crippen LogP contribution in [0.2, 0.25) is 0 Å². The second-order valence-electron chi connectivity index (χ2n) is 5.83. The molecule has 0 aromatic heterocycles. The largest absolute Gasteiger partial charge is 0.308 e. The van der Waals surface area contributed by atoms with Gasteiger partial charge in [-0.3, -0.25) is 0 Å². The summed E-state index contributed by atoms with van der Waals surface area (Å²) in [4.78, 5) is 0. The molecule has 0 aliphatic rings. The lowest BCUT2D eigenvalue weighted by atomic mass is 9.84. The quantitative estimate of drug-likeness (QED) is 0.610. The lowest BCUT2D eigenvalue weighted by Crippen LogP contribution is -2.41. The molecule has 17 heavy (non-hydrogen) atoms. The SMILES string of the molecule is C=C(CC(CC)C(NC(C)C)C(=C)C)C(C)C. The van der Waals surface area contributed by atoms with Crippen LogP contribution in [-0.2, 0) is 0 Å². The Morgan fingerprint density at radius 3 is 1.94 bits per heavy atom. The van der Waals surface area contributed by atoms with Crippen LogP contribution in [0.15, 0.2) is 24.3 Å². The van der Waals surface area contributed by atoms with Crippen molar-refractivity contribution in [2.45, 2.75) is 66.5 Å². The van der Waals surface area contributed by atoms with Gasteiger partial charge in [-0.15, -0.1) is 0 Å². The molecule has 0 radical (unpaired) electrons. The van der Waals surface area contributed by atoms with Gasteiger partial charge in [-0.2, -0.15) is 0 Å². The molecule has 0 spiro atoms. The number of hydrogen-bond donors (Lipinski definition) is 1. The topological polar surface area (TPSA) is 12.0 Å². The monoisotopic (exact) mass is 237 g/mol. The second-order valence-corrected chi connectivity index (χ2v) is 5.83. The normalized spacial score (nSPS) is 15.1. The van der Waals surface area contributed by atoms with Crippen molar-refractivity contribution in [3.63, 3.8) is 0 Å². The van der Waals surface area contributed by atoms with Crippen LogP contribution in [0.1, 0.15) is 54.4 Å². The fourth-order valence-electron chi connectivity index (χ4n) is 2.11. The van der Waals surface area contributed by atoms with E-state index in [1.54, 1.807) is 0 Å². The van der Waals surface area contributed by atoms with E-state index in [1.807, 2.05) is 0 Å². The molecule has 2 atom stereocenters. The van der Waals surface area contributed by atoms with E-state index in [2.05, 4.69) is 60.0 Å². The van der Waals surface area contributed by atoms with Gasteiger partial charge in [-0.05, 0) is 25.2 Å². The van der Waals surface area contributed by atoms with Crippen LogP contribution in [0.3, 0.4) is 0 Å². The van der Waals surface area contributed by atoms with Crippen LogP contribution in [0.25, 0.3) is 0 Å². The minimum atomic E-state index is 0.412. The first-order chi connectivity index (χ1) is 7.79. The Labute approximate surface area is 108 Å². The predicted molar refractivity (Wildman–Crippen MR) is 79.2 cm³/mol. The third kappa shape index (κ3) is 6.07. The van der Waals surface area contributed by atoms with Gasteiger partial charge in [-0.1, -0.05) is 65.3 Å². The summed E-state index contributed by atoms with van der Waals surface area (Å²) in [5, 5.41) is 3.63. The summed E-state index contributed by atoms with van der Waals surface area (Å²) in [5.41, 5.74) is 2.59. The molecule has 1 nitrogen and oxygen atoms in total. The molecule has 0 amide bonds. The van der Waals surface area contributed by atoms with Gasteiger partial charge in [0.05, 0.1) is 0 Å². The van der Waals surface area contributed by atoms with E-state index in [4.69, 9.17) is 0 Å². The molecule has 0 bridgehead atoms. The Balaban J connectivity index is 4.67. The van der Waals surface area contributed by atoms with Gasteiger partial charge in [0.25, 0.3) is 0 Å². The van der Waals surface area contributed by atoms with Gasteiger partial charge >= 0.3 is 0 Å². The lowest BCUT2D eigenvalue weighted by molar-refractivity contribution is 0.349. The van der Waals surface area contributed by atoms with Crippen LogP contribution < -0.4 is 5.32 Å². The van der Waals surface area contributed by atoms with Crippen molar-refractivity contribution in [3.05, 3.63) is 24.3 Å². The molecule has 0 fully saturated rings. The van der Waals surface area contributed by atoms with Gasteiger partial charge < -0.3 is 5.32 Å². The highest BCUT2D eigenvalue weighted by Crippen LogP contribution is 2.25. The molecule has 0 aliphatic carbocycles. The Bertz CT molecular complexity index is 250. The van der Waals surface area contributed by atoms with Crippen molar-refractivity contribution in [2.75, 3.05) is 0 Å². The van der Waals surface area contributed by atoms with Crippen LogP contribution in [0, 0.1) is 11.8 Å². The third-order valence-corrected chi connectivity index (χ3v) is 3.38. The maximum Gasteiger partial charge on any atom is 0.0307 e. The van der Waals surface area contributed by atoms with Crippen LogP contribution in [0.5, 0.6) is 0 Å². The Morgan fingerprint density at radius 2 is 1.65 bits per heavy atom. The maximum absolute atomic E-state index is 4.21. The summed E-state index contributed by atoms with van der Waals surface area (Å²) in [7, 11) is 0. The van der Waals surface area contributed by atoms with Crippen LogP contribution >= 0.6 is 0 Å². The summed E-state index contributed by atoms with van der Waals surface area (Å²) in [6.45, 7) is 21.6. The van der Waals surface area contributed by atoms with Gasteiger partial charge in [-0.25, -0.2) is 0 Å². The summed E-state index contributed by atoms with van der Waals surface area (Å²) >= 11 is 0. The highest BCUT2D eigenvalue weighted by atomic mass is 14.9. The average Bonchev–Trinajstić information content (AvgIpc) is 2.21. The fraction of sp³-hybridized carbons (Fsp3) is 0.750. The number of allylic oxidation sites excluding steroid dienone is 1. The zero-order chi connectivity index (χ0) is 13.6. The summed E-state index contributed by atoms with van der Waals surface area (Å²) in [5.74, 6) is 1.19. The summed E-state index contributed by atoms with van der Waals surface area (Å²) in [6, 6.07) is 0.911. The van der Waals surface area contributed by atoms with E-state index in [0.29, 0.717) is 23.9 Å². The first kappa shape index (κ1) is 16.4. The van der Waals surface area contributed by atoms with Crippen LogP contribution in [-0.4, -0.2) is 12.1 Å². The Kier molecular flexibility index (Phi) is 7.45. The van der Waals surface area contributed by atoms with E-state index in [-0.39, 0.29) is 0 Å². The Hall–Kier alpha value is -0.560. The smallest absolute Gasteiger partial charge is 0.0307 e. The van der Waals surface area contributed by atoms with E-state index in [0.717, 1.165) is 6.42 Å². The first-order valence-corrected chi connectivity index (χ1v) is 6.88. The summed E-state index contributed by atoms with van der Waals surface area (Å²) < 4.78 is 0. The van der Waals surface area contributed by atoms with Gasteiger partial charge in [0.15, 0.2) is 0 Å². The van der Waals surface area contributed by atoms with Gasteiger partial charge in [0.2, 0.25) is 0 Å². The molecule has 1 N–H and O–H groups in total. The minimum Gasteiger partial charge on any atom is -0.308 e. The highest BCUT2D eigenvalue weighted by Gasteiger charge is 2.22. The molecule has 0 heterocycles.